The van der Waals surface area contributed by atoms with Gasteiger partial charge in [-0.05, 0) is 68.7 Å². The SMILES string of the molecule is CC(C)(C)[Si](C)(C)OCCCCc1ccnc(O[Si](C)(C)C)c1. The van der Waals surface area contributed by atoms with Crippen LogP contribution in [0.3, 0.4) is 0 Å². The Bertz CT molecular complexity index is 491. The van der Waals surface area contributed by atoms with Crippen molar-refractivity contribution in [2.45, 2.75) is 77.8 Å². The Balaban J connectivity index is 2.38. The van der Waals surface area contributed by atoms with Crippen LogP contribution in [0.15, 0.2) is 18.3 Å². The fourth-order valence-corrected chi connectivity index (χ4v) is 3.78. The van der Waals surface area contributed by atoms with Gasteiger partial charge < -0.3 is 8.85 Å². The van der Waals surface area contributed by atoms with Crippen molar-refractivity contribution in [3.8, 4) is 5.88 Å². The van der Waals surface area contributed by atoms with Crippen molar-refractivity contribution in [3.63, 3.8) is 0 Å². The zero-order valence-corrected chi connectivity index (χ0v) is 18.3. The van der Waals surface area contributed by atoms with Crippen molar-refractivity contribution in [2.75, 3.05) is 6.61 Å². The number of aryl methyl sites for hydroxylation is 1. The van der Waals surface area contributed by atoms with Crippen molar-refractivity contribution in [2.24, 2.45) is 0 Å². The summed E-state index contributed by atoms with van der Waals surface area (Å²) >= 11 is 0. The van der Waals surface area contributed by atoms with Gasteiger partial charge in [-0.2, -0.15) is 0 Å². The number of hydrogen-bond acceptors (Lipinski definition) is 3. The van der Waals surface area contributed by atoms with Gasteiger partial charge in [-0.3, -0.25) is 0 Å². The zero-order chi connectivity index (χ0) is 17.7. The largest absolute Gasteiger partial charge is 0.531 e. The van der Waals surface area contributed by atoms with E-state index in [9.17, 15) is 0 Å². The first kappa shape index (κ1) is 20.4. The molecule has 132 valence electrons. The molecule has 1 heterocycles. The molecule has 0 aromatic carbocycles. The molecule has 0 aliphatic rings. The summed E-state index contributed by atoms with van der Waals surface area (Å²) in [6, 6.07) is 4.18. The number of hydrogen-bond donors (Lipinski definition) is 0. The van der Waals surface area contributed by atoms with Gasteiger partial charge in [-0.1, -0.05) is 20.8 Å². The summed E-state index contributed by atoms with van der Waals surface area (Å²) in [7, 11) is -3.18. The van der Waals surface area contributed by atoms with Crippen LogP contribution in [0, 0.1) is 0 Å². The summed E-state index contributed by atoms with van der Waals surface area (Å²) in [6.45, 7) is 18.9. The van der Waals surface area contributed by atoms with E-state index in [1.807, 2.05) is 6.20 Å². The Morgan fingerprint density at radius 3 is 2.26 bits per heavy atom. The van der Waals surface area contributed by atoms with Crippen LogP contribution >= 0.6 is 0 Å². The molecule has 5 heteroatoms. The second-order valence-electron chi connectivity index (χ2n) is 8.78. The summed E-state index contributed by atoms with van der Waals surface area (Å²) in [5, 5.41) is 0.293. The van der Waals surface area contributed by atoms with E-state index in [1.54, 1.807) is 0 Å². The molecule has 0 radical (unpaired) electrons. The smallest absolute Gasteiger partial charge is 0.244 e. The van der Waals surface area contributed by atoms with Crippen molar-refractivity contribution in [1.82, 2.24) is 4.98 Å². The quantitative estimate of drug-likeness (QED) is 0.447. The highest BCUT2D eigenvalue weighted by Gasteiger charge is 2.36. The molecule has 1 aromatic rings. The standard InChI is InChI=1S/C18H35NO2Si2/c1-18(2,3)23(7,8)20-14-10-9-11-16-12-13-19-17(15-16)21-22(4,5)6/h12-13,15H,9-11,14H2,1-8H3. The maximum absolute atomic E-state index is 6.23. The van der Waals surface area contributed by atoms with Gasteiger partial charge in [0.05, 0.1) is 0 Å². The molecular weight excluding hydrogens is 318 g/mol. The lowest BCUT2D eigenvalue weighted by molar-refractivity contribution is 0.279. The van der Waals surface area contributed by atoms with Crippen molar-refractivity contribution >= 4 is 16.6 Å². The Hall–Kier alpha value is -0.656. The van der Waals surface area contributed by atoms with Gasteiger partial charge in [0, 0.05) is 18.9 Å². The summed E-state index contributed by atoms with van der Waals surface area (Å²) in [6.07, 6.45) is 5.17. The maximum atomic E-state index is 6.23. The second-order valence-corrected chi connectivity index (χ2v) is 18.0. The molecule has 0 saturated carbocycles. The van der Waals surface area contributed by atoms with Crippen LogP contribution in [0.5, 0.6) is 5.88 Å². The molecule has 0 N–H and O–H groups in total. The van der Waals surface area contributed by atoms with Crippen LogP contribution in [-0.2, 0) is 10.8 Å². The maximum Gasteiger partial charge on any atom is 0.244 e. The second kappa shape index (κ2) is 7.95. The number of nitrogens with zero attached hydrogens (tertiary/aromatic N) is 1. The van der Waals surface area contributed by atoms with Gasteiger partial charge in [0.1, 0.15) is 0 Å². The van der Waals surface area contributed by atoms with Gasteiger partial charge >= 0.3 is 0 Å². The summed E-state index contributed by atoms with van der Waals surface area (Å²) in [4.78, 5) is 4.32. The topological polar surface area (TPSA) is 31.4 Å². The number of unbranched alkanes of at least 4 members (excludes halogenated alkanes) is 1. The van der Waals surface area contributed by atoms with Gasteiger partial charge in [0.25, 0.3) is 0 Å². The van der Waals surface area contributed by atoms with Gasteiger partial charge in [0.15, 0.2) is 14.2 Å². The molecular formula is C18H35NO2Si2. The first-order chi connectivity index (χ1) is 10.4. The molecule has 0 aliphatic heterocycles. The van der Waals surface area contributed by atoms with E-state index in [2.05, 4.69) is 70.6 Å². The van der Waals surface area contributed by atoms with Crippen molar-refractivity contribution < 1.29 is 8.85 Å². The molecule has 0 spiro atoms. The van der Waals surface area contributed by atoms with Crippen LogP contribution in [0.1, 0.15) is 39.2 Å². The lowest BCUT2D eigenvalue weighted by Crippen LogP contribution is -2.40. The molecule has 1 rings (SSSR count). The van der Waals surface area contributed by atoms with E-state index < -0.39 is 16.6 Å². The first-order valence-electron chi connectivity index (χ1n) is 8.69. The summed E-state index contributed by atoms with van der Waals surface area (Å²) < 4.78 is 12.2. The van der Waals surface area contributed by atoms with Crippen molar-refractivity contribution in [3.05, 3.63) is 23.9 Å². The molecule has 0 unspecified atom stereocenters. The van der Waals surface area contributed by atoms with Crippen LogP contribution in [0.4, 0.5) is 0 Å². The first-order valence-corrected chi connectivity index (χ1v) is 15.0. The Morgan fingerprint density at radius 1 is 1.04 bits per heavy atom. The number of pyridine rings is 1. The van der Waals surface area contributed by atoms with Gasteiger partial charge in [0.2, 0.25) is 8.32 Å². The summed E-state index contributed by atoms with van der Waals surface area (Å²) in [5.41, 5.74) is 1.31. The van der Waals surface area contributed by atoms with Gasteiger partial charge in [-0.25, -0.2) is 4.98 Å². The average molecular weight is 354 g/mol. The lowest BCUT2D eigenvalue weighted by Gasteiger charge is -2.36. The lowest BCUT2D eigenvalue weighted by atomic mass is 10.1. The number of aromatic nitrogens is 1. The molecule has 3 nitrogen and oxygen atoms in total. The highest BCUT2D eigenvalue weighted by atomic mass is 28.4. The third-order valence-corrected chi connectivity index (χ3v) is 9.70. The fraction of sp³-hybridized carbons (Fsp3) is 0.722. The number of rotatable bonds is 8. The minimum atomic E-state index is -1.60. The van der Waals surface area contributed by atoms with Crippen LogP contribution in [0.2, 0.25) is 37.8 Å². The Labute approximate surface area is 145 Å². The van der Waals surface area contributed by atoms with Crippen LogP contribution in [0.25, 0.3) is 0 Å². The predicted octanol–water partition coefficient (Wildman–Crippen LogP) is 5.64. The Morgan fingerprint density at radius 2 is 1.70 bits per heavy atom. The minimum Gasteiger partial charge on any atom is -0.531 e. The molecule has 0 fully saturated rings. The summed E-state index contributed by atoms with van der Waals surface area (Å²) in [5.74, 6) is 0.777. The van der Waals surface area contributed by atoms with Gasteiger partial charge in [-0.15, -0.1) is 0 Å². The molecule has 0 amide bonds. The van der Waals surface area contributed by atoms with E-state index in [1.165, 1.54) is 5.56 Å². The molecule has 0 atom stereocenters. The van der Waals surface area contributed by atoms with E-state index in [4.69, 9.17) is 8.85 Å². The van der Waals surface area contributed by atoms with Crippen molar-refractivity contribution in [1.29, 1.82) is 0 Å². The normalized spacial score (nSPS) is 13.2. The highest BCUT2D eigenvalue weighted by Crippen LogP contribution is 2.36. The monoisotopic (exact) mass is 353 g/mol. The molecule has 23 heavy (non-hydrogen) atoms. The van der Waals surface area contributed by atoms with Crippen LogP contribution in [-0.4, -0.2) is 28.2 Å². The Kier molecular flexibility index (Phi) is 7.04. The van der Waals surface area contributed by atoms with Crippen LogP contribution < -0.4 is 4.43 Å². The van der Waals surface area contributed by atoms with E-state index in [0.29, 0.717) is 5.04 Å². The third-order valence-electron chi connectivity index (χ3n) is 4.34. The molecule has 0 bridgehead atoms. The highest BCUT2D eigenvalue weighted by molar-refractivity contribution is 6.74. The predicted molar refractivity (Wildman–Crippen MR) is 104 cm³/mol. The minimum absolute atomic E-state index is 0.293. The molecule has 0 saturated heterocycles. The average Bonchev–Trinajstić information content (AvgIpc) is 2.35. The fourth-order valence-electron chi connectivity index (χ4n) is 1.95. The molecule has 0 aliphatic carbocycles. The third kappa shape index (κ3) is 7.63. The van der Waals surface area contributed by atoms with E-state index in [0.717, 1.165) is 31.7 Å². The van der Waals surface area contributed by atoms with E-state index >= 15 is 0 Å². The zero-order valence-electron chi connectivity index (χ0n) is 16.3. The van der Waals surface area contributed by atoms with E-state index in [-0.39, 0.29) is 0 Å². The molecule has 1 aromatic heterocycles.